The van der Waals surface area contributed by atoms with Crippen molar-refractivity contribution in [3.63, 3.8) is 0 Å². The van der Waals surface area contributed by atoms with E-state index in [0.717, 1.165) is 21.0 Å². The van der Waals surface area contributed by atoms with Crippen molar-refractivity contribution in [2.24, 2.45) is 0 Å². The number of carbonyl (C=O) groups excluding carboxylic acids is 2. The van der Waals surface area contributed by atoms with Crippen molar-refractivity contribution in [1.29, 1.82) is 0 Å². The number of fused-ring (bicyclic) bond motifs is 3. The van der Waals surface area contributed by atoms with Crippen LogP contribution in [0, 0.1) is 0 Å². The zero-order valence-corrected chi connectivity index (χ0v) is 17.8. The minimum Gasteiger partial charge on any atom is -0.465 e. The molecule has 0 aliphatic heterocycles. The van der Waals surface area contributed by atoms with Gasteiger partial charge in [-0.3, -0.25) is 10.3 Å². The summed E-state index contributed by atoms with van der Waals surface area (Å²) in [5.74, 6) is -0.433. The lowest BCUT2D eigenvalue weighted by Crippen LogP contribution is -2.31. The number of amides is 1. The van der Waals surface area contributed by atoms with Gasteiger partial charge in [-0.15, -0.1) is 11.3 Å². The van der Waals surface area contributed by atoms with Crippen LogP contribution >= 0.6 is 11.3 Å². The third kappa shape index (κ3) is 4.65. The maximum atomic E-state index is 12.3. The number of allylic oxidation sites excluding steroid dienone is 1. The molecule has 0 saturated carbocycles. The van der Waals surface area contributed by atoms with Crippen LogP contribution in [0.4, 0.5) is 10.5 Å². The van der Waals surface area contributed by atoms with Gasteiger partial charge in [0, 0.05) is 33.6 Å². The van der Waals surface area contributed by atoms with Crippen molar-refractivity contribution in [2.75, 3.05) is 12.4 Å². The van der Waals surface area contributed by atoms with Crippen LogP contribution < -0.4 is 10.6 Å². The Morgan fingerprint density at radius 3 is 2.66 bits per heavy atom. The summed E-state index contributed by atoms with van der Waals surface area (Å²) in [5, 5.41) is 7.62. The highest BCUT2D eigenvalue weighted by Crippen LogP contribution is 2.40. The van der Waals surface area contributed by atoms with Crippen molar-refractivity contribution in [1.82, 2.24) is 10.3 Å². The number of rotatable bonds is 4. The quantitative estimate of drug-likeness (QED) is 0.583. The summed E-state index contributed by atoms with van der Waals surface area (Å²) >= 11 is 1.34. The van der Waals surface area contributed by atoms with Crippen molar-refractivity contribution < 1.29 is 19.1 Å². The fraction of sp³-hybridized carbons (Fsp3) is 0.286. The molecule has 7 nitrogen and oxygen atoms in total. The smallest absolute Gasteiger partial charge is 0.411 e. The van der Waals surface area contributed by atoms with Crippen LogP contribution in [0.5, 0.6) is 0 Å². The molecular formula is C21H23N3O4S. The molecule has 0 aliphatic rings. The SMILES string of the molecule is COC(=O)c1sc2ccc3ncccc3c2c1N/C=C(/C)NC(=O)OC(C)(C)C. The molecule has 0 saturated heterocycles. The number of hydrogen-bond donors (Lipinski definition) is 2. The minimum absolute atomic E-state index is 0.433. The topological polar surface area (TPSA) is 89.5 Å². The van der Waals surface area contributed by atoms with Gasteiger partial charge >= 0.3 is 12.1 Å². The molecule has 0 unspecified atom stereocenters. The van der Waals surface area contributed by atoms with Crippen LogP contribution in [-0.4, -0.2) is 29.8 Å². The van der Waals surface area contributed by atoms with E-state index >= 15 is 0 Å². The van der Waals surface area contributed by atoms with Gasteiger partial charge in [-0.1, -0.05) is 6.07 Å². The van der Waals surface area contributed by atoms with Gasteiger partial charge in [0.1, 0.15) is 10.5 Å². The van der Waals surface area contributed by atoms with Gasteiger partial charge in [0.25, 0.3) is 0 Å². The fourth-order valence-electron chi connectivity index (χ4n) is 2.81. The highest BCUT2D eigenvalue weighted by molar-refractivity contribution is 7.21. The second kappa shape index (κ2) is 8.08. The molecule has 29 heavy (non-hydrogen) atoms. The first-order valence-electron chi connectivity index (χ1n) is 9.01. The normalized spacial score (nSPS) is 12.1. The van der Waals surface area contributed by atoms with Crippen molar-refractivity contribution >= 4 is 50.1 Å². The van der Waals surface area contributed by atoms with Gasteiger partial charge in [0.15, 0.2) is 0 Å². The van der Waals surface area contributed by atoms with Crippen LogP contribution in [0.15, 0.2) is 42.4 Å². The lowest BCUT2D eigenvalue weighted by atomic mass is 10.1. The zero-order chi connectivity index (χ0) is 21.2. The number of anilines is 1. The molecule has 0 spiro atoms. The third-order valence-corrected chi connectivity index (χ3v) is 5.07. The van der Waals surface area contributed by atoms with E-state index in [1.807, 2.05) is 24.3 Å². The molecule has 3 rings (SSSR count). The third-order valence-electron chi connectivity index (χ3n) is 3.94. The monoisotopic (exact) mass is 413 g/mol. The Kier molecular flexibility index (Phi) is 5.74. The number of esters is 1. The number of hydrogen-bond acceptors (Lipinski definition) is 7. The standard InChI is InChI=1S/C21H23N3O4S/c1-12(24-20(26)28-21(2,3)4)11-23-17-16-13-7-6-10-22-14(13)8-9-15(16)29-18(17)19(25)27-5/h6-11,23H,1-5H3,(H,24,26)/b12-11-. The molecule has 3 aromatic rings. The summed E-state index contributed by atoms with van der Waals surface area (Å²) in [6.07, 6.45) is 2.79. The van der Waals surface area contributed by atoms with Crippen molar-refractivity contribution in [2.45, 2.75) is 33.3 Å². The summed E-state index contributed by atoms with van der Waals surface area (Å²) in [5.41, 5.74) is 1.38. The fourth-order valence-corrected chi connectivity index (χ4v) is 3.90. The number of nitrogens with zero attached hydrogens (tertiary/aromatic N) is 1. The second-order valence-electron chi connectivity index (χ2n) is 7.41. The van der Waals surface area contributed by atoms with E-state index < -0.39 is 17.7 Å². The highest BCUT2D eigenvalue weighted by Gasteiger charge is 2.21. The molecule has 2 aromatic heterocycles. The number of ether oxygens (including phenoxy) is 2. The Bertz CT molecular complexity index is 1110. The van der Waals surface area contributed by atoms with E-state index in [2.05, 4.69) is 15.6 Å². The Hall–Kier alpha value is -3.13. The number of nitrogens with one attached hydrogen (secondary N) is 2. The summed E-state index contributed by atoms with van der Waals surface area (Å²) in [4.78, 5) is 29.1. The summed E-state index contributed by atoms with van der Waals surface area (Å²) < 4.78 is 11.1. The summed E-state index contributed by atoms with van der Waals surface area (Å²) in [7, 11) is 1.35. The molecule has 2 heterocycles. The summed E-state index contributed by atoms with van der Waals surface area (Å²) in [6, 6.07) is 7.66. The number of benzene rings is 1. The van der Waals surface area contributed by atoms with Gasteiger partial charge in [-0.05, 0) is 45.9 Å². The Labute approximate surface area is 172 Å². The van der Waals surface area contributed by atoms with Crippen molar-refractivity contribution in [3.8, 4) is 0 Å². The van der Waals surface area contributed by atoms with Gasteiger partial charge in [-0.2, -0.15) is 0 Å². The molecule has 0 atom stereocenters. The van der Waals surface area contributed by atoms with Crippen LogP contribution in [-0.2, 0) is 9.47 Å². The van der Waals surface area contributed by atoms with E-state index in [-0.39, 0.29) is 0 Å². The predicted molar refractivity (Wildman–Crippen MR) is 115 cm³/mol. The number of pyridine rings is 1. The number of carbonyl (C=O) groups is 2. The van der Waals surface area contributed by atoms with E-state index in [0.29, 0.717) is 16.3 Å². The number of thiophene rings is 1. The van der Waals surface area contributed by atoms with E-state index in [1.54, 1.807) is 40.1 Å². The van der Waals surface area contributed by atoms with E-state index in [4.69, 9.17) is 9.47 Å². The molecule has 0 fully saturated rings. The average molecular weight is 413 g/mol. The maximum absolute atomic E-state index is 12.3. The second-order valence-corrected chi connectivity index (χ2v) is 8.46. The Balaban J connectivity index is 1.99. The van der Waals surface area contributed by atoms with E-state index in [1.165, 1.54) is 18.4 Å². The summed E-state index contributed by atoms with van der Waals surface area (Å²) in [6.45, 7) is 7.11. The van der Waals surface area contributed by atoms with Crippen LogP contribution in [0.2, 0.25) is 0 Å². The molecule has 152 valence electrons. The average Bonchev–Trinajstić information content (AvgIpc) is 3.03. The highest BCUT2D eigenvalue weighted by atomic mass is 32.1. The molecule has 8 heteroatoms. The van der Waals surface area contributed by atoms with Gasteiger partial charge in [0.05, 0.1) is 18.3 Å². The van der Waals surface area contributed by atoms with Gasteiger partial charge in [0.2, 0.25) is 0 Å². The first-order chi connectivity index (χ1) is 13.7. The zero-order valence-electron chi connectivity index (χ0n) is 17.0. The maximum Gasteiger partial charge on any atom is 0.411 e. The molecule has 2 N–H and O–H groups in total. The van der Waals surface area contributed by atoms with Gasteiger partial charge in [-0.25, -0.2) is 9.59 Å². The minimum atomic E-state index is -0.592. The molecule has 0 bridgehead atoms. The van der Waals surface area contributed by atoms with Crippen LogP contribution in [0.3, 0.4) is 0 Å². The van der Waals surface area contributed by atoms with E-state index in [9.17, 15) is 9.59 Å². The van der Waals surface area contributed by atoms with Crippen LogP contribution in [0.1, 0.15) is 37.4 Å². The van der Waals surface area contributed by atoms with Crippen molar-refractivity contribution in [3.05, 3.63) is 47.2 Å². The molecule has 1 amide bonds. The molecular weight excluding hydrogens is 390 g/mol. The Morgan fingerprint density at radius 2 is 1.97 bits per heavy atom. The lowest BCUT2D eigenvalue weighted by molar-refractivity contribution is 0.0544. The predicted octanol–water partition coefficient (Wildman–Crippen LogP) is 5.03. The van der Waals surface area contributed by atoms with Crippen LogP contribution in [0.25, 0.3) is 21.0 Å². The number of alkyl carbamates (subject to hydrolysis) is 1. The van der Waals surface area contributed by atoms with Gasteiger partial charge < -0.3 is 14.8 Å². The molecule has 0 radical (unpaired) electrons. The number of methoxy groups -OCH3 is 1. The molecule has 1 aromatic carbocycles. The lowest BCUT2D eigenvalue weighted by Gasteiger charge is -2.19. The number of aromatic nitrogens is 1. The molecule has 0 aliphatic carbocycles. The first-order valence-corrected chi connectivity index (χ1v) is 9.83. The first kappa shape index (κ1) is 20.6. The Morgan fingerprint density at radius 1 is 1.21 bits per heavy atom. The largest absolute Gasteiger partial charge is 0.465 e.